The van der Waals surface area contributed by atoms with Crippen molar-refractivity contribution in [2.75, 3.05) is 23.8 Å². The van der Waals surface area contributed by atoms with Crippen LogP contribution in [0.2, 0.25) is 0 Å². The van der Waals surface area contributed by atoms with Gasteiger partial charge in [0.15, 0.2) is 0 Å². The number of anilines is 2. The Labute approximate surface area is 129 Å². The zero-order valence-electron chi connectivity index (χ0n) is 12.7. The predicted molar refractivity (Wildman–Crippen MR) is 83.7 cm³/mol. The van der Waals surface area contributed by atoms with Gasteiger partial charge in [0.2, 0.25) is 11.8 Å². The van der Waals surface area contributed by atoms with Crippen molar-refractivity contribution in [1.82, 2.24) is 10.6 Å². The summed E-state index contributed by atoms with van der Waals surface area (Å²) in [5, 5.41) is 7.53. The molecule has 1 fully saturated rings. The van der Waals surface area contributed by atoms with Crippen LogP contribution in [0.15, 0.2) is 24.3 Å². The molecule has 0 aromatic heterocycles. The summed E-state index contributed by atoms with van der Waals surface area (Å²) in [5.74, 6) is -0.280. The van der Waals surface area contributed by atoms with Gasteiger partial charge in [0.25, 0.3) is 0 Å². The van der Waals surface area contributed by atoms with Crippen molar-refractivity contribution >= 4 is 29.2 Å². The summed E-state index contributed by atoms with van der Waals surface area (Å²) in [7, 11) is 1.44. The molecule has 1 aromatic rings. The van der Waals surface area contributed by atoms with E-state index in [1.807, 2.05) is 24.3 Å². The molecule has 1 saturated heterocycles. The molecule has 118 valence electrons. The van der Waals surface area contributed by atoms with E-state index in [-0.39, 0.29) is 5.91 Å². The van der Waals surface area contributed by atoms with Gasteiger partial charge < -0.3 is 15.5 Å². The normalized spacial score (nSPS) is 15.4. The van der Waals surface area contributed by atoms with E-state index in [9.17, 15) is 14.4 Å². The maximum absolute atomic E-state index is 11.7. The lowest BCUT2D eigenvalue weighted by Crippen LogP contribution is -2.44. The van der Waals surface area contributed by atoms with Gasteiger partial charge in [0.05, 0.1) is 0 Å². The second-order valence-corrected chi connectivity index (χ2v) is 5.13. The third-order valence-corrected chi connectivity index (χ3v) is 3.49. The van der Waals surface area contributed by atoms with Gasteiger partial charge in [0, 0.05) is 31.4 Å². The molecule has 0 bridgehead atoms. The number of hydrogen-bond donors (Lipinski definition) is 3. The van der Waals surface area contributed by atoms with Crippen LogP contribution in [0, 0.1) is 0 Å². The zero-order chi connectivity index (χ0) is 16.1. The van der Waals surface area contributed by atoms with Crippen LogP contribution in [-0.2, 0) is 9.59 Å². The minimum atomic E-state index is -0.559. The lowest BCUT2D eigenvalue weighted by molar-refractivity contribution is -0.120. The Balaban J connectivity index is 1.94. The van der Waals surface area contributed by atoms with Crippen molar-refractivity contribution < 1.29 is 14.4 Å². The van der Waals surface area contributed by atoms with Gasteiger partial charge in [0.1, 0.15) is 6.04 Å². The van der Waals surface area contributed by atoms with Crippen molar-refractivity contribution in [3.63, 3.8) is 0 Å². The third kappa shape index (κ3) is 3.75. The third-order valence-electron chi connectivity index (χ3n) is 3.49. The molecule has 0 saturated carbocycles. The first-order chi connectivity index (χ1) is 10.5. The summed E-state index contributed by atoms with van der Waals surface area (Å²) < 4.78 is 0. The molecule has 1 aliphatic heterocycles. The molecule has 2 rings (SSSR count). The van der Waals surface area contributed by atoms with Crippen molar-refractivity contribution in [1.29, 1.82) is 0 Å². The maximum Gasteiger partial charge on any atom is 0.321 e. The van der Waals surface area contributed by atoms with E-state index in [1.54, 1.807) is 11.8 Å². The number of urea groups is 1. The number of carbonyl (C=O) groups is 3. The van der Waals surface area contributed by atoms with Crippen molar-refractivity contribution in [2.24, 2.45) is 0 Å². The van der Waals surface area contributed by atoms with E-state index in [0.29, 0.717) is 6.42 Å². The van der Waals surface area contributed by atoms with E-state index < -0.39 is 18.0 Å². The van der Waals surface area contributed by atoms with Crippen LogP contribution in [-0.4, -0.2) is 37.5 Å². The Hall–Kier alpha value is -2.57. The number of nitrogens with one attached hydrogen (secondary N) is 3. The number of imide groups is 1. The average Bonchev–Trinajstić information content (AvgIpc) is 2.94. The van der Waals surface area contributed by atoms with Crippen LogP contribution in [0.4, 0.5) is 16.2 Å². The lowest BCUT2D eigenvalue weighted by Gasteiger charge is -2.18. The molecule has 22 heavy (non-hydrogen) atoms. The molecule has 1 unspecified atom stereocenters. The van der Waals surface area contributed by atoms with E-state index in [4.69, 9.17) is 0 Å². The fourth-order valence-electron chi connectivity index (χ4n) is 2.26. The molecule has 0 radical (unpaired) electrons. The molecule has 1 aliphatic rings. The van der Waals surface area contributed by atoms with Gasteiger partial charge in [-0.1, -0.05) is 0 Å². The smallest absolute Gasteiger partial charge is 0.321 e. The van der Waals surface area contributed by atoms with E-state index in [0.717, 1.165) is 24.3 Å². The highest BCUT2D eigenvalue weighted by molar-refractivity contribution is 5.98. The number of nitrogens with zero attached hydrogens (tertiary/aromatic N) is 1. The van der Waals surface area contributed by atoms with Gasteiger partial charge in [-0.25, -0.2) is 4.79 Å². The second kappa shape index (κ2) is 6.93. The van der Waals surface area contributed by atoms with Gasteiger partial charge >= 0.3 is 6.03 Å². The van der Waals surface area contributed by atoms with E-state index >= 15 is 0 Å². The highest BCUT2D eigenvalue weighted by Crippen LogP contribution is 2.23. The number of hydrogen-bond acceptors (Lipinski definition) is 4. The standard InChI is InChI=1S/C15H20N4O3/c1-10(14(21)18-15(22)16-2)17-11-5-7-12(8-6-11)19-9-3-4-13(19)20/h5-8,10,17H,3-4,9H2,1-2H3,(H2,16,18,21,22). The highest BCUT2D eigenvalue weighted by atomic mass is 16.2. The number of amides is 4. The molecule has 1 atom stereocenters. The summed E-state index contributed by atoms with van der Waals surface area (Å²) >= 11 is 0. The number of benzene rings is 1. The first-order valence-corrected chi connectivity index (χ1v) is 7.21. The van der Waals surface area contributed by atoms with Gasteiger partial charge in [-0.2, -0.15) is 0 Å². The summed E-state index contributed by atoms with van der Waals surface area (Å²) in [5.41, 5.74) is 1.60. The van der Waals surface area contributed by atoms with Crippen molar-refractivity contribution in [2.45, 2.75) is 25.8 Å². The van der Waals surface area contributed by atoms with Gasteiger partial charge in [-0.15, -0.1) is 0 Å². The highest BCUT2D eigenvalue weighted by Gasteiger charge is 2.21. The van der Waals surface area contributed by atoms with Crippen molar-refractivity contribution in [3.05, 3.63) is 24.3 Å². The minimum Gasteiger partial charge on any atom is -0.374 e. The molecule has 1 aromatic carbocycles. The topological polar surface area (TPSA) is 90.5 Å². The largest absolute Gasteiger partial charge is 0.374 e. The Morgan fingerprint density at radius 2 is 1.91 bits per heavy atom. The van der Waals surface area contributed by atoms with Gasteiger partial charge in [-0.3, -0.25) is 14.9 Å². The number of rotatable bonds is 4. The first-order valence-electron chi connectivity index (χ1n) is 7.21. The second-order valence-electron chi connectivity index (χ2n) is 5.13. The van der Waals surface area contributed by atoms with Crippen LogP contribution < -0.4 is 20.9 Å². The Morgan fingerprint density at radius 1 is 1.23 bits per heavy atom. The van der Waals surface area contributed by atoms with Crippen LogP contribution in [0.25, 0.3) is 0 Å². The SMILES string of the molecule is CNC(=O)NC(=O)C(C)Nc1ccc(N2CCCC2=O)cc1. The summed E-state index contributed by atoms with van der Waals surface area (Å²) in [6, 6.07) is 6.21. The molecule has 4 amide bonds. The average molecular weight is 304 g/mol. The zero-order valence-corrected chi connectivity index (χ0v) is 12.7. The van der Waals surface area contributed by atoms with Crippen LogP contribution >= 0.6 is 0 Å². The summed E-state index contributed by atoms with van der Waals surface area (Å²) in [6.07, 6.45) is 1.48. The summed E-state index contributed by atoms with van der Waals surface area (Å²) in [4.78, 5) is 36.3. The Kier molecular flexibility index (Phi) is 4.98. The molecule has 3 N–H and O–H groups in total. The molecule has 0 spiro atoms. The fourth-order valence-corrected chi connectivity index (χ4v) is 2.26. The molecule has 1 heterocycles. The van der Waals surface area contributed by atoms with Crippen molar-refractivity contribution in [3.8, 4) is 0 Å². The van der Waals surface area contributed by atoms with Crippen LogP contribution in [0.3, 0.4) is 0 Å². The Bertz CT molecular complexity index is 571. The molecular weight excluding hydrogens is 284 g/mol. The van der Waals surface area contributed by atoms with E-state index in [1.165, 1.54) is 7.05 Å². The van der Waals surface area contributed by atoms with Crippen LogP contribution in [0.1, 0.15) is 19.8 Å². The molecular formula is C15H20N4O3. The molecule has 0 aliphatic carbocycles. The lowest BCUT2D eigenvalue weighted by atomic mass is 10.2. The Morgan fingerprint density at radius 3 is 2.45 bits per heavy atom. The first kappa shape index (κ1) is 15.8. The van der Waals surface area contributed by atoms with E-state index in [2.05, 4.69) is 16.0 Å². The van der Waals surface area contributed by atoms with Crippen LogP contribution in [0.5, 0.6) is 0 Å². The number of carbonyl (C=O) groups excluding carboxylic acids is 3. The monoisotopic (exact) mass is 304 g/mol. The summed E-state index contributed by atoms with van der Waals surface area (Å²) in [6.45, 7) is 2.41. The van der Waals surface area contributed by atoms with Gasteiger partial charge in [-0.05, 0) is 37.6 Å². The predicted octanol–water partition coefficient (Wildman–Crippen LogP) is 1.07. The quantitative estimate of drug-likeness (QED) is 0.776. The fraction of sp³-hybridized carbons (Fsp3) is 0.400. The molecule has 7 heteroatoms. The maximum atomic E-state index is 11.7. The molecule has 7 nitrogen and oxygen atoms in total. The minimum absolute atomic E-state index is 0.138.